The van der Waals surface area contributed by atoms with Gasteiger partial charge in [0, 0.05) is 13.8 Å². The van der Waals surface area contributed by atoms with Gasteiger partial charge in [0.15, 0.2) is 31.3 Å². The maximum Gasteiger partial charge on any atom is 0.303 e. The maximum atomic E-state index is 12.6. The van der Waals surface area contributed by atoms with Crippen LogP contribution in [0.25, 0.3) is 0 Å². The number of amides is 1. The molecule has 4 heterocycles. The third-order valence-electron chi connectivity index (χ3n) is 10.5. The Kier molecular flexibility index (Phi) is 17.8. The Labute approximate surface area is 349 Å². The number of methoxy groups -OCH3 is 1. The smallest absolute Gasteiger partial charge is 0.303 e. The quantitative estimate of drug-likeness (QED) is 0.0513. The third-order valence-corrected chi connectivity index (χ3v) is 10.5. The van der Waals surface area contributed by atoms with Crippen LogP contribution in [0.3, 0.4) is 0 Å². The number of hydrogen-bond acceptors (Lipinski definition) is 23. The van der Waals surface area contributed by atoms with Crippen LogP contribution >= 0.6 is 0 Å². The van der Waals surface area contributed by atoms with Gasteiger partial charge >= 0.3 is 5.97 Å². The molecule has 0 aliphatic carbocycles. The molecule has 0 saturated carbocycles. The molecule has 24 nitrogen and oxygen atoms in total. The Balaban J connectivity index is 1.39. The summed E-state index contributed by atoms with van der Waals surface area (Å²) in [7, 11) is 1.50. The van der Waals surface area contributed by atoms with Crippen molar-refractivity contribution in [3.63, 3.8) is 0 Å². The minimum atomic E-state index is -1.93. The Morgan fingerprint density at radius 1 is 0.607 bits per heavy atom. The summed E-state index contributed by atoms with van der Waals surface area (Å²) in [4.78, 5) is 24.6. The molecular formula is C37H57NO23. The molecule has 348 valence electrons. The number of esters is 1. The molecule has 61 heavy (non-hydrogen) atoms. The van der Waals surface area contributed by atoms with Crippen LogP contribution in [0.15, 0.2) is 24.3 Å². The molecule has 11 N–H and O–H groups in total. The van der Waals surface area contributed by atoms with E-state index in [-0.39, 0.29) is 13.2 Å². The van der Waals surface area contributed by atoms with Crippen LogP contribution in [-0.4, -0.2) is 226 Å². The molecule has 4 aliphatic rings. The molecule has 5 rings (SSSR count). The molecule has 0 aromatic heterocycles. The second-order valence-corrected chi connectivity index (χ2v) is 14.9. The van der Waals surface area contributed by atoms with Gasteiger partial charge in [-0.05, 0) is 31.2 Å². The zero-order valence-corrected chi connectivity index (χ0v) is 33.7. The number of rotatable bonds is 17. The highest BCUT2D eigenvalue weighted by atomic mass is 16.8. The van der Waals surface area contributed by atoms with E-state index in [1.165, 1.54) is 14.0 Å². The Morgan fingerprint density at radius 3 is 1.80 bits per heavy atom. The van der Waals surface area contributed by atoms with E-state index in [1.807, 2.05) is 0 Å². The van der Waals surface area contributed by atoms with Gasteiger partial charge in [-0.2, -0.15) is 0 Å². The van der Waals surface area contributed by atoms with E-state index < -0.39 is 154 Å². The van der Waals surface area contributed by atoms with Crippen molar-refractivity contribution in [3.05, 3.63) is 24.3 Å². The van der Waals surface area contributed by atoms with Gasteiger partial charge in [-0.3, -0.25) is 9.59 Å². The minimum absolute atomic E-state index is 0.101. The van der Waals surface area contributed by atoms with Crippen molar-refractivity contribution in [2.45, 2.75) is 144 Å². The van der Waals surface area contributed by atoms with Gasteiger partial charge < -0.3 is 108 Å². The molecular weight excluding hydrogens is 826 g/mol. The van der Waals surface area contributed by atoms with E-state index in [0.717, 1.165) is 13.8 Å². The van der Waals surface area contributed by atoms with Crippen molar-refractivity contribution in [2.75, 3.05) is 40.1 Å². The van der Waals surface area contributed by atoms with Crippen LogP contribution in [0, 0.1) is 0 Å². The molecule has 0 spiro atoms. The van der Waals surface area contributed by atoms with Gasteiger partial charge in [0.1, 0.15) is 103 Å². The summed E-state index contributed by atoms with van der Waals surface area (Å²) in [6.07, 6.45) is -31.2. The average Bonchev–Trinajstić information content (AvgIpc) is 3.23. The van der Waals surface area contributed by atoms with Gasteiger partial charge in [-0.1, -0.05) is 0 Å². The number of nitrogens with one attached hydrogen (secondary N) is 1. The SMILES string of the molecule is COc1ccc(OCCO[C@@H]2O[C@H](CO[C@@H]3O[C@H](CO)[C@@H](O)[C@H](O)[C@H]3O)[C@@H](O)[C@H](O)[C@H]2O[C@H]2O[C@H](CO)[C@@H](O)[C@H](O[C@@H]3O[C@@H](C)[C@H](O)[C@@H](O)[C@H]3OC(C)=O)[C@H]2NC(C)=O)cc1. The minimum Gasteiger partial charge on any atom is -0.497 e. The highest BCUT2D eigenvalue weighted by Gasteiger charge is 2.55. The lowest BCUT2D eigenvalue weighted by molar-refractivity contribution is -0.373. The summed E-state index contributed by atoms with van der Waals surface area (Å²) in [6.45, 7) is 0.945. The molecule has 1 aromatic carbocycles. The zero-order valence-electron chi connectivity index (χ0n) is 33.7. The highest BCUT2D eigenvalue weighted by Crippen LogP contribution is 2.34. The normalized spacial score (nSPS) is 41.7. The van der Waals surface area contributed by atoms with E-state index in [1.54, 1.807) is 24.3 Å². The van der Waals surface area contributed by atoms with Crippen molar-refractivity contribution >= 4 is 11.9 Å². The van der Waals surface area contributed by atoms with Crippen LogP contribution in [0.4, 0.5) is 0 Å². The van der Waals surface area contributed by atoms with E-state index in [0.29, 0.717) is 11.5 Å². The van der Waals surface area contributed by atoms with Crippen molar-refractivity contribution in [2.24, 2.45) is 0 Å². The van der Waals surface area contributed by atoms with Gasteiger partial charge in [-0.25, -0.2) is 0 Å². The van der Waals surface area contributed by atoms with Crippen molar-refractivity contribution in [1.82, 2.24) is 5.32 Å². The van der Waals surface area contributed by atoms with Crippen molar-refractivity contribution in [3.8, 4) is 11.5 Å². The maximum absolute atomic E-state index is 12.6. The summed E-state index contributed by atoms with van der Waals surface area (Å²) in [5, 5.41) is 109. The molecule has 0 bridgehead atoms. The van der Waals surface area contributed by atoms with Gasteiger partial charge in [-0.15, -0.1) is 0 Å². The molecule has 1 aromatic rings. The molecule has 4 saturated heterocycles. The molecule has 4 aliphatic heterocycles. The zero-order chi connectivity index (χ0) is 44.7. The van der Waals surface area contributed by atoms with Gasteiger partial charge in [0.05, 0.1) is 39.6 Å². The fraction of sp³-hybridized carbons (Fsp3) is 0.784. The first-order valence-corrected chi connectivity index (χ1v) is 19.5. The Hall–Kier alpha value is -2.96. The van der Waals surface area contributed by atoms with Crippen LogP contribution in [-0.2, 0) is 52.2 Å². The molecule has 24 heteroatoms. The number of carbonyl (C=O) groups excluding carboxylic acids is 2. The second-order valence-electron chi connectivity index (χ2n) is 14.9. The van der Waals surface area contributed by atoms with E-state index in [2.05, 4.69) is 5.32 Å². The molecule has 20 atom stereocenters. The fourth-order valence-corrected chi connectivity index (χ4v) is 7.19. The van der Waals surface area contributed by atoms with Crippen molar-refractivity contribution < 1.29 is 113 Å². The predicted octanol–water partition coefficient (Wildman–Crippen LogP) is -5.89. The number of carbonyl (C=O) groups is 2. The molecule has 0 unspecified atom stereocenters. The number of ether oxygens (including phenoxy) is 11. The highest BCUT2D eigenvalue weighted by molar-refractivity contribution is 5.73. The topological polar surface area (TPSA) is 350 Å². The number of aliphatic hydroxyl groups is 10. The third kappa shape index (κ3) is 11.8. The molecule has 0 radical (unpaired) electrons. The standard InChI is InChI=1S/C37H57NO23/c1-14-23(43)28(48)33(56-16(3)42)37(55-14)60-31-22(38-15(2)41)34(57-20(12-40)26(31)46)61-32-29(49)25(45)21(13-54-35-30(50)27(47)24(44)19(11-39)58-35)59-36(32)53-10-9-52-18-7-5-17(51-4)6-8-18/h5-8,14,19-37,39-40,43-50H,9-13H2,1-4H3,(H,38,41)/t14-,19+,20+,21+,22+,23-,24+,25+,26+,27-,28+,29-,30+,31+,32+,33+,34+,35+,36+,37-/m0/s1. The lowest BCUT2D eigenvalue weighted by Crippen LogP contribution is -2.69. The van der Waals surface area contributed by atoms with Crippen LogP contribution < -0.4 is 14.8 Å². The molecule has 1 amide bonds. The van der Waals surface area contributed by atoms with Crippen molar-refractivity contribution in [1.29, 1.82) is 0 Å². The number of aliphatic hydroxyl groups excluding tert-OH is 10. The monoisotopic (exact) mass is 883 g/mol. The molecule has 4 fully saturated rings. The van der Waals surface area contributed by atoms with Gasteiger partial charge in [0.25, 0.3) is 0 Å². The van der Waals surface area contributed by atoms with E-state index >= 15 is 0 Å². The summed E-state index contributed by atoms with van der Waals surface area (Å²) in [6, 6.07) is 5.05. The first kappa shape index (κ1) is 49.1. The van der Waals surface area contributed by atoms with Crippen LogP contribution in [0.1, 0.15) is 20.8 Å². The van der Waals surface area contributed by atoms with Crippen LogP contribution in [0.5, 0.6) is 11.5 Å². The second kappa shape index (κ2) is 22.1. The summed E-state index contributed by atoms with van der Waals surface area (Å²) < 4.78 is 62.8. The summed E-state index contributed by atoms with van der Waals surface area (Å²) >= 11 is 0. The summed E-state index contributed by atoms with van der Waals surface area (Å²) in [5.74, 6) is -0.586. The Bertz CT molecular complexity index is 1530. The first-order chi connectivity index (χ1) is 29.0. The van der Waals surface area contributed by atoms with E-state index in [4.69, 9.17) is 52.1 Å². The number of hydrogen-bond donors (Lipinski definition) is 11. The largest absolute Gasteiger partial charge is 0.497 e. The van der Waals surface area contributed by atoms with Gasteiger partial charge in [0.2, 0.25) is 5.91 Å². The first-order valence-electron chi connectivity index (χ1n) is 19.5. The average molecular weight is 884 g/mol. The fourth-order valence-electron chi connectivity index (χ4n) is 7.19. The number of benzene rings is 1. The lowest BCUT2D eigenvalue weighted by Gasteiger charge is -2.49. The predicted molar refractivity (Wildman–Crippen MR) is 196 cm³/mol. The lowest BCUT2D eigenvalue weighted by atomic mass is 9.94. The summed E-state index contributed by atoms with van der Waals surface area (Å²) in [5.41, 5.74) is 0. The Morgan fingerprint density at radius 2 is 1.18 bits per heavy atom. The van der Waals surface area contributed by atoms with Crippen LogP contribution in [0.2, 0.25) is 0 Å². The van der Waals surface area contributed by atoms with E-state index in [9.17, 15) is 60.7 Å².